The zero-order valence-corrected chi connectivity index (χ0v) is 20.7. The maximum Gasteiger partial charge on any atom is 0.225 e. The number of aromatic nitrogens is 3. The number of hydrogen-bond donors (Lipinski definition) is 1. The van der Waals surface area contributed by atoms with Crippen molar-refractivity contribution in [3.8, 4) is 17.5 Å². The number of amides is 1. The van der Waals surface area contributed by atoms with E-state index in [1.165, 1.54) is 16.6 Å². The van der Waals surface area contributed by atoms with Crippen LogP contribution in [-0.2, 0) is 24.2 Å². The molecule has 2 aromatic heterocycles. The first-order chi connectivity index (χ1) is 15.6. The first-order valence-electron chi connectivity index (χ1n) is 10.4. The van der Waals surface area contributed by atoms with Gasteiger partial charge in [0, 0.05) is 33.6 Å². The Morgan fingerprint density at radius 1 is 1.31 bits per heavy atom. The van der Waals surface area contributed by atoms with E-state index in [2.05, 4.69) is 44.1 Å². The number of anilines is 1. The van der Waals surface area contributed by atoms with Crippen LogP contribution in [0.4, 0.5) is 5.00 Å². The van der Waals surface area contributed by atoms with Gasteiger partial charge in [-0.2, -0.15) is 5.26 Å². The van der Waals surface area contributed by atoms with Gasteiger partial charge in [-0.3, -0.25) is 9.36 Å². The normalized spacial score (nSPS) is 12.8. The van der Waals surface area contributed by atoms with E-state index in [0.29, 0.717) is 29.3 Å². The average Bonchev–Trinajstić information content (AvgIpc) is 3.35. The van der Waals surface area contributed by atoms with Gasteiger partial charge >= 0.3 is 0 Å². The number of rotatable bonds is 8. The van der Waals surface area contributed by atoms with Crippen molar-refractivity contribution >= 4 is 49.9 Å². The van der Waals surface area contributed by atoms with E-state index in [-0.39, 0.29) is 5.91 Å². The van der Waals surface area contributed by atoms with Gasteiger partial charge in [0.15, 0.2) is 11.0 Å². The molecular weight excluding hydrogens is 506 g/mol. The minimum Gasteiger partial charge on any atom is -0.317 e. The van der Waals surface area contributed by atoms with Gasteiger partial charge in [-0.15, -0.1) is 28.1 Å². The summed E-state index contributed by atoms with van der Waals surface area (Å²) in [5, 5.41) is 22.7. The first kappa shape index (κ1) is 22.8. The number of nitriles is 1. The van der Waals surface area contributed by atoms with Gasteiger partial charge in [-0.1, -0.05) is 45.9 Å². The van der Waals surface area contributed by atoms with Gasteiger partial charge in [-0.05, 0) is 43.4 Å². The van der Waals surface area contributed by atoms with Gasteiger partial charge in [0.25, 0.3) is 0 Å². The van der Waals surface area contributed by atoms with Crippen molar-refractivity contribution in [1.82, 2.24) is 14.8 Å². The lowest BCUT2D eigenvalue weighted by Gasteiger charge is -2.09. The monoisotopic (exact) mass is 527 g/mol. The zero-order valence-electron chi connectivity index (χ0n) is 17.4. The molecule has 0 spiro atoms. The minimum absolute atomic E-state index is 0.0875. The molecule has 1 aliphatic carbocycles. The Kier molecular flexibility index (Phi) is 7.45. The molecule has 0 saturated carbocycles. The zero-order chi connectivity index (χ0) is 22.5. The number of thioether (sulfide) groups is 1. The molecule has 0 unspecified atom stereocenters. The van der Waals surface area contributed by atoms with Crippen molar-refractivity contribution in [2.45, 2.75) is 43.8 Å². The molecule has 0 atom stereocenters. The summed E-state index contributed by atoms with van der Waals surface area (Å²) in [6.45, 7) is 4.42. The fraction of sp³-hybridized carbons (Fsp3) is 0.304. The molecular formula is C23H22BrN5OS2. The van der Waals surface area contributed by atoms with Crippen molar-refractivity contribution in [2.75, 3.05) is 11.1 Å². The Labute approximate surface area is 203 Å². The SMILES string of the molecule is C=CCn1c(SCCC(=O)Nc2sc3c(c2C#N)CCCC3)nnc1-c1ccc(Br)cc1. The lowest BCUT2D eigenvalue weighted by molar-refractivity contribution is -0.115. The lowest BCUT2D eigenvalue weighted by Crippen LogP contribution is -2.12. The number of hydrogen-bond acceptors (Lipinski definition) is 6. The summed E-state index contributed by atoms with van der Waals surface area (Å²) in [4.78, 5) is 13.8. The number of fused-ring (bicyclic) bond motifs is 1. The molecule has 0 bridgehead atoms. The molecule has 0 aliphatic heterocycles. The number of halogens is 1. The molecule has 0 saturated heterocycles. The summed E-state index contributed by atoms with van der Waals surface area (Å²) in [5.74, 6) is 1.25. The van der Waals surface area contributed by atoms with Crippen LogP contribution in [0.5, 0.6) is 0 Å². The van der Waals surface area contributed by atoms with E-state index in [0.717, 1.165) is 52.3 Å². The number of benzene rings is 1. The first-order valence-corrected chi connectivity index (χ1v) is 13.0. The molecule has 9 heteroatoms. The van der Waals surface area contributed by atoms with E-state index in [4.69, 9.17) is 0 Å². The summed E-state index contributed by atoms with van der Waals surface area (Å²) in [5.41, 5.74) is 2.75. The fourth-order valence-electron chi connectivity index (χ4n) is 3.70. The lowest BCUT2D eigenvalue weighted by atomic mass is 9.96. The number of nitrogens with zero attached hydrogens (tertiary/aromatic N) is 4. The highest BCUT2D eigenvalue weighted by molar-refractivity contribution is 9.10. The quantitative estimate of drug-likeness (QED) is 0.294. The van der Waals surface area contributed by atoms with Crippen molar-refractivity contribution in [2.24, 2.45) is 0 Å². The standard InChI is InChI=1S/C23H22BrN5OS2/c1-2-12-29-21(15-7-9-16(24)10-8-15)27-28-23(29)31-13-11-20(30)26-22-18(14-25)17-5-3-4-6-19(17)32-22/h2,7-10H,1,3-6,11-13H2,(H,26,30). The number of nitrogens with one attached hydrogen (secondary N) is 1. The van der Waals surface area contributed by atoms with Gasteiger partial charge in [-0.25, -0.2) is 0 Å². The van der Waals surface area contributed by atoms with Crippen LogP contribution in [0.25, 0.3) is 11.4 Å². The Bertz CT molecular complexity index is 1180. The maximum atomic E-state index is 12.6. The van der Waals surface area contributed by atoms with Crippen LogP contribution in [0.15, 0.2) is 46.5 Å². The highest BCUT2D eigenvalue weighted by atomic mass is 79.9. The predicted molar refractivity (Wildman–Crippen MR) is 133 cm³/mol. The Hall–Kier alpha value is -2.41. The molecule has 4 rings (SSSR count). The second-order valence-corrected chi connectivity index (χ2v) is 10.5. The van der Waals surface area contributed by atoms with E-state index in [9.17, 15) is 10.1 Å². The number of allylic oxidation sites excluding steroid dienone is 1. The van der Waals surface area contributed by atoms with Crippen LogP contribution in [0.2, 0.25) is 0 Å². The third-order valence-corrected chi connectivity index (χ3v) is 7.93. The summed E-state index contributed by atoms with van der Waals surface area (Å²) in [7, 11) is 0. The number of aryl methyl sites for hydroxylation is 1. The maximum absolute atomic E-state index is 12.6. The summed E-state index contributed by atoms with van der Waals surface area (Å²) >= 11 is 6.50. The predicted octanol–water partition coefficient (Wildman–Crippen LogP) is 5.83. The van der Waals surface area contributed by atoms with Crippen LogP contribution in [-0.4, -0.2) is 26.4 Å². The van der Waals surface area contributed by atoms with Crippen LogP contribution in [0, 0.1) is 11.3 Å². The van der Waals surface area contributed by atoms with Gasteiger partial charge in [0.05, 0.1) is 5.56 Å². The summed E-state index contributed by atoms with van der Waals surface area (Å²) in [6, 6.07) is 10.2. The third-order valence-electron chi connectivity index (χ3n) is 5.23. The molecule has 2 heterocycles. The van der Waals surface area contributed by atoms with Gasteiger partial charge in [0.2, 0.25) is 5.91 Å². The van der Waals surface area contributed by atoms with Crippen molar-refractivity contribution in [3.63, 3.8) is 0 Å². The Morgan fingerprint density at radius 3 is 2.84 bits per heavy atom. The van der Waals surface area contributed by atoms with Crippen LogP contribution >= 0.6 is 39.0 Å². The summed E-state index contributed by atoms with van der Waals surface area (Å²) < 4.78 is 3.00. The largest absolute Gasteiger partial charge is 0.317 e. The number of carbonyl (C=O) groups is 1. The van der Waals surface area contributed by atoms with Crippen LogP contribution < -0.4 is 5.32 Å². The van der Waals surface area contributed by atoms with E-state index < -0.39 is 0 Å². The highest BCUT2D eigenvalue weighted by Crippen LogP contribution is 2.37. The topological polar surface area (TPSA) is 83.6 Å². The van der Waals surface area contributed by atoms with E-state index >= 15 is 0 Å². The Balaban J connectivity index is 1.40. The van der Waals surface area contributed by atoms with E-state index in [1.807, 2.05) is 34.9 Å². The number of carbonyl (C=O) groups excluding carboxylic acids is 1. The molecule has 1 N–H and O–H groups in total. The second-order valence-electron chi connectivity index (χ2n) is 7.39. The molecule has 1 amide bonds. The molecule has 1 aliphatic rings. The molecule has 32 heavy (non-hydrogen) atoms. The smallest absolute Gasteiger partial charge is 0.225 e. The molecule has 3 aromatic rings. The fourth-order valence-corrected chi connectivity index (χ4v) is 6.10. The summed E-state index contributed by atoms with van der Waals surface area (Å²) in [6.07, 6.45) is 6.32. The molecule has 6 nitrogen and oxygen atoms in total. The van der Waals surface area contributed by atoms with Gasteiger partial charge < -0.3 is 5.32 Å². The number of thiophene rings is 1. The molecule has 1 aromatic carbocycles. The highest BCUT2D eigenvalue weighted by Gasteiger charge is 2.22. The average molecular weight is 529 g/mol. The van der Waals surface area contributed by atoms with Crippen molar-refractivity contribution in [3.05, 3.63) is 57.4 Å². The van der Waals surface area contributed by atoms with Crippen LogP contribution in [0.3, 0.4) is 0 Å². The third kappa shape index (κ3) is 4.98. The Morgan fingerprint density at radius 2 is 2.09 bits per heavy atom. The second kappa shape index (κ2) is 10.5. The van der Waals surface area contributed by atoms with Crippen molar-refractivity contribution in [1.29, 1.82) is 5.26 Å². The molecule has 0 fully saturated rings. The minimum atomic E-state index is -0.0875. The van der Waals surface area contributed by atoms with E-state index in [1.54, 1.807) is 11.3 Å². The van der Waals surface area contributed by atoms with Crippen molar-refractivity contribution < 1.29 is 4.79 Å². The van der Waals surface area contributed by atoms with Crippen LogP contribution in [0.1, 0.15) is 35.3 Å². The molecule has 0 radical (unpaired) electrons. The molecule has 164 valence electrons. The van der Waals surface area contributed by atoms with Gasteiger partial charge in [0.1, 0.15) is 11.1 Å².